The summed E-state index contributed by atoms with van der Waals surface area (Å²) in [7, 11) is 0. The second-order valence-electron chi connectivity index (χ2n) is 1.90. The first-order chi connectivity index (χ1) is 5.27. The molecule has 6 heteroatoms. The molecule has 0 fully saturated rings. The molecule has 0 unspecified atom stereocenters. The van der Waals surface area contributed by atoms with Crippen LogP contribution in [0.2, 0.25) is 0 Å². The lowest BCUT2D eigenvalue weighted by Gasteiger charge is -1.86. The van der Waals surface area contributed by atoms with Gasteiger partial charge in [0.25, 0.3) is 0 Å². The van der Waals surface area contributed by atoms with Gasteiger partial charge in [0.05, 0.1) is 0 Å². The van der Waals surface area contributed by atoms with E-state index in [-0.39, 0.29) is 4.87 Å². The fraction of sp³-hybridized carbons (Fsp3) is 0. The first-order valence-corrected chi connectivity index (χ1v) is 4.07. The van der Waals surface area contributed by atoms with Gasteiger partial charge in [-0.15, -0.1) is 0 Å². The molecule has 0 spiro atoms. The average Bonchev–Trinajstić information content (AvgIpc) is 2.34. The van der Waals surface area contributed by atoms with E-state index in [1.165, 1.54) is 4.52 Å². The lowest BCUT2D eigenvalue weighted by Crippen LogP contribution is -2.09. The Hall–Kier alpha value is -1.01. The Morgan fingerprint density at radius 3 is 3.36 bits per heavy atom. The van der Waals surface area contributed by atoms with E-state index in [1.807, 2.05) is 0 Å². The van der Waals surface area contributed by atoms with Crippen LogP contribution >= 0.6 is 23.6 Å². The molecule has 0 atom stereocenters. The first-order valence-electron chi connectivity index (χ1n) is 2.85. The SMILES string of the molecule is O=c1sc(=S)nc2cc[nH]n12. The summed E-state index contributed by atoms with van der Waals surface area (Å²) in [5.41, 5.74) is 0.568. The van der Waals surface area contributed by atoms with Crippen molar-refractivity contribution < 1.29 is 0 Å². The second-order valence-corrected chi connectivity index (χ2v) is 3.49. The topological polar surface area (TPSA) is 50.2 Å². The Balaban J connectivity index is 3.15. The molecule has 0 aliphatic rings. The maximum absolute atomic E-state index is 11.1. The minimum absolute atomic E-state index is 0.134. The molecule has 0 aliphatic heterocycles. The number of H-pyrrole nitrogens is 1. The van der Waals surface area contributed by atoms with Gasteiger partial charge < -0.3 is 0 Å². The molecule has 56 valence electrons. The molecule has 2 rings (SSSR count). The van der Waals surface area contributed by atoms with Crippen LogP contribution in [0, 0.1) is 3.95 Å². The third-order valence-electron chi connectivity index (χ3n) is 1.23. The van der Waals surface area contributed by atoms with Crippen LogP contribution in [0.3, 0.4) is 0 Å². The standard InChI is InChI=1S/C5H3N3OS2/c9-5-8-3(1-2-6-8)7-4(10)11-5/h1-2,6H. The van der Waals surface area contributed by atoms with Crippen LogP contribution in [0.15, 0.2) is 17.1 Å². The normalized spacial score (nSPS) is 10.5. The molecular weight excluding hydrogens is 182 g/mol. The smallest absolute Gasteiger partial charge is 0.296 e. The largest absolute Gasteiger partial charge is 0.330 e. The van der Waals surface area contributed by atoms with Crippen molar-refractivity contribution in [2.45, 2.75) is 0 Å². The van der Waals surface area contributed by atoms with E-state index in [4.69, 9.17) is 12.2 Å². The van der Waals surface area contributed by atoms with E-state index < -0.39 is 0 Å². The highest BCUT2D eigenvalue weighted by Gasteiger charge is 1.96. The number of hydrogen-bond donors (Lipinski definition) is 1. The van der Waals surface area contributed by atoms with Gasteiger partial charge in [0.1, 0.15) is 0 Å². The zero-order valence-electron chi connectivity index (χ0n) is 5.27. The van der Waals surface area contributed by atoms with Crippen LogP contribution in [0.5, 0.6) is 0 Å². The van der Waals surface area contributed by atoms with E-state index in [0.717, 1.165) is 11.3 Å². The van der Waals surface area contributed by atoms with Crippen LogP contribution in [-0.2, 0) is 0 Å². The molecular formula is C5H3N3OS2. The summed E-state index contributed by atoms with van der Waals surface area (Å²) in [4.78, 5) is 14.9. The van der Waals surface area contributed by atoms with Gasteiger partial charge in [0.2, 0.25) is 0 Å². The number of rotatable bonds is 0. The van der Waals surface area contributed by atoms with E-state index >= 15 is 0 Å². The molecule has 0 radical (unpaired) electrons. The number of hydrogen-bond acceptors (Lipinski definition) is 4. The van der Waals surface area contributed by atoms with Gasteiger partial charge in [-0.05, 0) is 23.6 Å². The Labute approximate surface area is 70.1 Å². The van der Waals surface area contributed by atoms with Crippen LogP contribution in [0.4, 0.5) is 0 Å². The fourth-order valence-electron chi connectivity index (χ4n) is 0.797. The maximum atomic E-state index is 11.1. The first kappa shape index (κ1) is 6.68. The fourth-order valence-corrected chi connectivity index (χ4v) is 1.63. The predicted molar refractivity (Wildman–Crippen MR) is 44.5 cm³/mol. The zero-order valence-corrected chi connectivity index (χ0v) is 6.91. The summed E-state index contributed by atoms with van der Waals surface area (Å²) in [6.45, 7) is 0. The van der Waals surface area contributed by atoms with Crippen molar-refractivity contribution >= 4 is 29.2 Å². The Kier molecular flexibility index (Phi) is 1.36. The molecule has 4 nitrogen and oxygen atoms in total. The van der Waals surface area contributed by atoms with Crippen molar-refractivity contribution in [2.75, 3.05) is 0 Å². The van der Waals surface area contributed by atoms with E-state index in [0.29, 0.717) is 9.60 Å². The van der Waals surface area contributed by atoms with Gasteiger partial charge >= 0.3 is 4.87 Å². The summed E-state index contributed by atoms with van der Waals surface area (Å²) in [5, 5.41) is 2.72. The lowest BCUT2D eigenvalue weighted by molar-refractivity contribution is 0.925. The molecule has 0 amide bonds. The summed E-state index contributed by atoms with van der Waals surface area (Å²) >= 11 is 5.72. The zero-order chi connectivity index (χ0) is 7.84. The Bertz CT molecular complexity index is 494. The van der Waals surface area contributed by atoms with Crippen molar-refractivity contribution in [1.29, 1.82) is 0 Å². The van der Waals surface area contributed by atoms with Gasteiger partial charge in [0, 0.05) is 12.3 Å². The molecule has 11 heavy (non-hydrogen) atoms. The quantitative estimate of drug-likeness (QED) is 0.618. The molecule has 0 bridgehead atoms. The molecule has 2 aromatic heterocycles. The molecule has 0 saturated heterocycles. The summed E-state index contributed by atoms with van der Waals surface area (Å²) < 4.78 is 1.72. The number of aromatic nitrogens is 3. The lowest BCUT2D eigenvalue weighted by atomic mass is 10.7. The van der Waals surface area contributed by atoms with Gasteiger partial charge in [0.15, 0.2) is 9.60 Å². The van der Waals surface area contributed by atoms with Crippen molar-refractivity contribution in [1.82, 2.24) is 14.6 Å². The number of aromatic amines is 1. The summed E-state index contributed by atoms with van der Waals surface area (Å²) in [6.07, 6.45) is 1.64. The van der Waals surface area contributed by atoms with Crippen LogP contribution in [0.25, 0.3) is 5.65 Å². The third-order valence-corrected chi connectivity index (χ3v) is 2.19. The Morgan fingerprint density at radius 2 is 2.55 bits per heavy atom. The van der Waals surface area contributed by atoms with Crippen molar-refractivity contribution in [2.24, 2.45) is 0 Å². The van der Waals surface area contributed by atoms with E-state index in [9.17, 15) is 4.79 Å². The minimum atomic E-state index is -0.134. The molecule has 2 heterocycles. The van der Waals surface area contributed by atoms with E-state index in [1.54, 1.807) is 12.3 Å². The molecule has 1 N–H and O–H groups in total. The minimum Gasteiger partial charge on any atom is -0.296 e. The van der Waals surface area contributed by atoms with Crippen LogP contribution < -0.4 is 4.87 Å². The average molecular weight is 185 g/mol. The van der Waals surface area contributed by atoms with Gasteiger partial charge in [-0.25, -0.2) is 4.98 Å². The highest BCUT2D eigenvalue weighted by Crippen LogP contribution is 1.95. The van der Waals surface area contributed by atoms with Crippen molar-refractivity contribution in [3.8, 4) is 0 Å². The van der Waals surface area contributed by atoms with Crippen LogP contribution in [0.1, 0.15) is 0 Å². The second kappa shape index (κ2) is 2.24. The molecule has 2 aromatic rings. The predicted octanol–water partition coefficient (Wildman–Crippen LogP) is 0.814. The summed E-state index contributed by atoms with van der Waals surface area (Å²) in [6, 6.07) is 1.70. The monoisotopic (exact) mass is 185 g/mol. The van der Waals surface area contributed by atoms with Crippen molar-refractivity contribution in [3.05, 3.63) is 25.9 Å². The number of fused-ring (bicyclic) bond motifs is 1. The molecule has 0 aliphatic carbocycles. The molecule has 0 saturated carbocycles. The van der Waals surface area contributed by atoms with Crippen LogP contribution in [-0.4, -0.2) is 14.6 Å². The van der Waals surface area contributed by atoms with Gasteiger partial charge in [-0.3, -0.25) is 9.89 Å². The Morgan fingerprint density at radius 1 is 1.73 bits per heavy atom. The maximum Gasteiger partial charge on any atom is 0.330 e. The highest BCUT2D eigenvalue weighted by molar-refractivity contribution is 7.73. The third kappa shape index (κ3) is 0.997. The highest BCUT2D eigenvalue weighted by atomic mass is 32.1. The van der Waals surface area contributed by atoms with Gasteiger partial charge in [-0.2, -0.15) is 4.52 Å². The summed E-state index contributed by atoms with van der Waals surface area (Å²) in [5.74, 6) is 0. The number of nitrogens with zero attached hydrogens (tertiary/aromatic N) is 2. The van der Waals surface area contributed by atoms with E-state index in [2.05, 4.69) is 10.1 Å². The molecule has 0 aromatic carbocycles. The van der Waals surface area contributed by atoms with Crippen molar-refractivity contribution in [3.63, 3.8) is 0 Å². The van der Waals surface area contributed by atoms with Gasteiger partial charge in [-0.1, -0.05) is 0 Å². The number of nitrogens with one attached hydrogen (secondary N) is 1.